The summed E-state index contributed by atoms with van der Waals surface area (Å²) in [5, 5.41) is 2.85. The van der Waals surface area contributed by atoms with E-state index >= 15 is 0 Å². The molecule has 0 bridgehead atoms. The highest BCUT2D eigenvalue weighted by Gasteiger charge is 2.15. The molecule has 0 fully saturated rings. The largest absolute Gasteiger partial charge is 0.352 e. The maximum atomic E-state index is 13.1. The molecule has 0 unspecified atom stereocenters. The average Bonchev–Trinajstić information content (AvgIpc) is 2.77. The number of carbonyl (C=O) groups is 1. The van der Waals surface area contributed by atoms with E-state index in [0.717, 1.165) is 30.4 Å². The van der Waals surface area contributed by atoms with Gasteiger partial charge in [0, 0.05) is 17.8 Å². The van der Waals surface area contributed by atoms with Crippen molar-refractivity contribution >= 4 is 21.6 Å². The first-order chi connectivity index (χ1) is 14.9. The standard InChI is InChI=1S/C24H25FN2O3S/c1-2-3-4-17-26-24(28)20-7-13-22(14-8-20)27-31(29,30)23-15-9-19(10-16-23)18-5-11-21(25)12-6-18/h5-16,27H,2-4,17H2,1H3,(H,26,28). The molecule has 1 amide bonds. The number of nitrogens with one attached hydrogen (secondary N) is 2. The van der Waals surface area contributed by atoms with Crippen molar-refractivity contribution in [3.8, 4) is 11.1 Å². The number of hydrogen-bond donors (Lipinski definition) is 2. The molecule has 0 aliphatic carbocycles. The van der Waals surface area contributed by atoms with E-state index < -0.39 is 10.0 Å². The van der Waals surface area contributed by atoms with Crippen molar-refractivity contribution in [2.45, 2.75) is 31.1 Å². The first-order valence-electron chi connectivity index (χ1n) is 10.2. The van der Waals surface area contributed by atoms with Crippen molar-refractivity contribution in [2.75, 3.05) is 11.3 Å². The predicted molar refractivity (Wildman–Crippen MR) is 121 cm³/mol. The molecule has 31 heavy (non-hydrogen) atoms. The number of halogens is 1. The molecule has 5 nitrogen and oxygen atoms in total. The van der Waals surface area contributed by atoms with Gasteiger partial charge in [-0.3, -0.25) is 9.52 Å². The van der Waals surface area contributed by atoms with Crippen LogP contribution in [-0.2, 0) is 10.0 Å². The Balaban J connectivity index is 1.65. The first kappa shape index (κ1) is 22.5. The molecule has 2 N–H and O–H groups in total. The van der Waals surface area contributed by atoms with E-state index in [1.54, 1.807) is 48.5 Å². The van der Waals surface area contributed by atoms with E-state index in [-0.39, 0.29) is 16.6 Å². The topological polar surface area (TPSA) is 75.3 Å². The monoisotopic (exact) mass is 440 g/mol. The van der Waals surface area contributed by atoms with Crippen LogP contribution in [0, 0.1) is 5.82 Å². The van der Waals surface area contributed by atoms with Gasteiger partial charge in [0.05, 0.1) is 4.90 Å². The lowest BCUT2D eigenvalue weighted by Crippen LogP contribution is -2.24. The van der Waals surface area contributed by atoms with Gasteiger partial charge in [-0.2, -0.15) is 0 Å². The zero-order chi connectivity index (χ0) is 22.3. The highest BCUT2D eigenvalue weighted by atomic mass is 32.2. The van der Waals surface area contributed by atoms with Crippen LogP contribution in [-0.4, -0.2) is 20.9 Å². The van der Waals surface area contributed by atoms with Gasteiger partial charge in [-0.1, -0.05) is 44.0 Å². The van der Waals surface area contributed by atoms with Gasteiger partial charge in [0.25, 0.3) is 15.9 Å². The van der Waals surface area contributed by atoms with Crippen LogP contribution in [0.4, 0.5) is 10.1 Å². The second-order valence-electron chi connectivity index (χ2n) is 7.18. The minimum atomic E-state index is -3.78. The van der Waals surface area contributed by atoms with Gasteiger partial charge in [-0.25, -0.2) is 12.8 Å². The van der Waals surface area contributed by atoms with Crippen molar-refractivity contribution in [1.29, 1.82) is 0 Å². The molecule has 3 rings (SSSR count). The Morgan fingerprint density at radius 2 is 1.42 bits per heavy atom. The summed E-state index contributed by atoms with van der Waals surface area (Å²) < 4.78 is 40.9. The fourth-order valence-corrected chi connectivity index (χ4v) is 4.11. The molecular weight excluding hydrogens is 415 g/mol. The van der Waals surface area contributed by atoms with Crippen LogP contribution < -0.4 is 10.0 Å². The number of unbranched alkanes of at least 4 members (excludes halogenated alkanes) is 2. The molecule has 0 heterocycles. The second kappa shape index (κ2) is 10.2. The van der Waals surface area contributed by atoms with E-state index in [4.69, 9.17) is 0 Å². The molecule has 3 aromatic carbocycles. The third-order valence-corrected chi connectivity index (χ3v) is 6.20. The summed E-state index contributed by atoms with van der Waals surface area (Å²) in [5.41, 5.74) is 2.42. The van der Waals surface area contributed by atoms with Crippen LogP contribution >= 0.6 is 0 Å². The quantitative estimate of drug-likeness (QED) is 0.448. The second-order valence-corrected chi connectivity index (χ2v) is 8.86. The third-order valence-electron chi connectivity index (χ3n) is 4.81. The van der Waals surface area contributed by atoms with Crippen LogP contribution in [0.25, 0.3) is 11.1 Å². The van der Waals surface area contributed by atoms with Gasteiger partial charge in [-0.15, -0.1) is 0 Å². The number of rotatable bonds is 9. The van der Waals surface area contributed by atoms with Crippen LogP contribution in [0.3, 0.4) is 0 Å². The number of anilines is 1. The number of amides is 1. The van der Waals surface area contributed by atoms with Crippen molar-refractivity contribution in [1.82, 2.24) is 5.32 Å². The number of sulfonamides is 1. The van der Waals surface area contributed by atoms with E-state index in [1.165, 1.54) is 24.3 Å². The maximum Gasteiger partial charge on any atom is 0.261 e. The molecule has 0 aliphatic rings. The van der Waals surface area contributed by atoms with E-state index in [1.807, 2.05) is 0 Å². The average molecular weight is 441 g/mol. The molecule has 0 aliphatic heterocycles. The molecule has 0 atom stereocenters. The molecule has 3 aromatic rings. The molecular formula is C24H25FN2O3S. The summed E-state index contributed by atoms with van der Waals surface area (Å²) in [5.74, 6) is -0.506. The lowest BCUT2D eigenvalue weighted by Gasteiger charge is -2.10. The van der Waals surface area contributed by atoms with Crippen molar-refractivity contribution in [2.24, 2.45) is 0 Å². The molecule has 0 radical (unpaired) electrons. The van der Waals surface area contributed by atoms with Crippen LogP contribution in [0.5, 0.6) is 0 Å². The fourth-order valence-electron chi connectivity index (χ4n) is 3.05. The lowest BCUT2D eigenvalue weighted by atomic mass is 10.1. The van der Waals surface area contributed by atoms with E-state index in [9.17, 15) is 17.6 Å². The van der Waals surface area contributed by atoms with Gasteiger partial charge in [-0.05, 0) is 66.1 Å². The zero-order valence-electron chi connectivity index (χ0n) is 17.3. The summed E-state index contributed by atoms with van der Waals surface area (Å²) >= 11 is 0. The van der Waals surface area contributed by atoms with Crippen molar-refractivity contribution in [3.05, 3.63) is 84.2 Å². The van der Waals surface area contributed by atoms with Crippen LogP contribution in [0.1, 0.15) is 36.5 Å². The van der Waals surface area contributed by atoms with E-state index in [2.05, 4.69) is 17.0 Å². The Labute approximate surface area is 182 Å². The predicted octanol–water partition coefficient (Wildman–Crippen LogP) is 5.21. The Kier molecular flexibility index (Phi) is 7.41. The summed E-state index contributed by atoms with van der Waals surface area (Å²) in [6.07, 6.45) is 3.08. The summed E-state index contributed by atoms with van der Waals surface area (Å²) in [4.78, 5) is 12.2. The number of hydrogen-bond acceptors (Lipinski definition) is 3. The minimum Gasteiger partial charge on any atom is -0.352 e. The smallest absolute Gasteiger partial charge is 0.261 e. The molecule has 0 saturated heterocycles. The molecule has 162 valence electrons. The van der Waals surface area contributed by atoms with Gasteiger partial charge >= 0.3 is 0 Å². The Hall–Kier alpha value is -3.19. The summed E-state index contributed by atoms with van der Waals surface area (Å²) in [7, 11) is -3.78. The maximum absolute atomic E-state index is 13.1. The lowest BCUT2D eigenvalue weighted by molar-refractivity contribution is 0.0953. The van der Waals surface area contributed by atoms with Gasteiger partial charge in [0.15, 0.2) is 0 Å². The van der Waals surface area contributed by atoms with Crippen LogP contribution in [0.2, 0.25) is 0 Å². The fraction of sp³-hybridized carbons (Fsp3) is 0.208. The highest BCUT2D eigenvalue weighted by Crippen LogP contribution is 2.23. The molecule has 0 saturated carbocycles. The van der Waals surface area contributed by atoms with Crippen molar-refractivity contribution in [3.63, 3.8) is 0 Å². The first-order valence-corrected chi connectivity index (χ1v) is 11.6. The summed E-state index contributed by atoms with van der Waals surface area (Å²) in [6, 6.07) is 18.6. The number of carbonyl (C=O) groups excluding carboxylic acids is 1. The summed E-state index contributed by atoms with van der Waals surface area (Å²) in [6.45, 7) is 2.72. The Bertz CT molecular complexity index is 1110. The molecule has 0 spiro atoms. The number of benzene rings is 3. The van der Waals surface area contributed by atoms with Gasteiger partial charge in [0.1, 0.15) is 5.82 Å². The van der Waals surface area contributed by atoms with Crippen LogP contribution in [0.15, 0.2) is 77.7 Å². The Morgan fingerprint density at radius 3 is 2.00 bits per heavy atom. The Morgan fingerprint density at radius 1 is 0.839 bits per heavy atom. The molecule has 7 heteroatoms. The van der Waals surface area contributed by atoms with Gasteiger partial charge in [0.2, 0.25) is 0 Å². The zero-order valence-corrected chi connectivity index (χ0v) is 18.1. The highest BCUT2D eigenvalue weighted by molar-refractivity contribution is 7.92. The molecule has 0 aromatic heterocycles. The third kappa shape index (κ3) is 6.15. The van der Waals surface area contributed by atoms with Gasteiger partial charge < -0.3 is 5.32 Å². The SMILES string of the molecule is CCCCCNC(=O)c1ccc(NS(=O)(=O)c2ccc(-c3ccc(F)cc3)cc2)cc1. The normalized spacial score (nSPS) is 11.2. The van der Waals surface area contributed by atoms with E-state index in [0.29, 0.717) is 17.8 Å². The van der Waals surface area contributed by atoms with Crippen molar-refractivity contribution < 1.29 is 17.6 Å². The minimum absolute atomic E-state index is 0.108.